The Hall–Kier alpha value is -2.66. The Balaban J connectivity index is 2.03. The number of benzene rings is 2. The van der Waals surface area contributed by atoms with Crippen LogP contribution in [-0.2, 0) is 35.3 Å². The van der Waals surface area contributed by atoms with Gasteiger partial charge in [-0.2, -0.15) is 0 Å². The predicted octanol–water partition coefficient (Wildman–Crippen LogP) is 5.00. The van der Waals surface area contributed by atoms with E-state index in [4.69, 9.17) is 9.72 Å². The second kappa shape index (κ2) is 9.90. The van der Waals surface area contributed by atoms with Gasteiger partial charge >= 0.3 is 0 Å². The fourth-order valence-corrected chi connectivity index (χ4v) is 4.00. The van der Waals surface area contributed by atoms with Crippen LogP contribution in [0.15, 0.2) is 42.5 Å². The van der Waals surface area contributed by atoms with E-state index in [1.54, 1.807) is 12.0 Å². The van der Waals surface area contributed by atoms with Crippen LogP contribution in [-0.4, -0.2) is 29.3 Å². The van der Waals surface area contributed by atoms with E-state index >= 15 is 0 Å². The number of ether oxygens (including phenoxy) is 1. The zero-order valence-electron chi connectivity index (χ0n) is 18.8. The van der Waals surface area contributed by atoms with Crippen molar-refractivity contribution in [3.63, 3.8) is 0 Å². The van der Waals surface area contributed by atoms with Gasteiger partial charge in [0.05, 0.1) is 16.7 Å². The van der Waals surface area contributed by atoms with Gasteiger partial charge in [-0.05, 0) is 42.0 Å². The smallest absolute Gasteiger partial charge is 0.248 e. The maximum atomic E-state index is 13.6. The molecule has 0 radical (unpaired) electrons. The number of nitrogens with zero attached hydrogens (tertiary/aromatic N) is 3. The minimum absolute atomic E-state index is 0.0145. The second-order valence-corrected chi connectivity index (χ2v) is 8.07. The highest BCUT2D eigenvalue weighted by molar-refractivity contribution is 5.95. The van der Waals surface area contributed by atoms with Gasteiger partial charge < -0.3 is 9.30 Å². The molecule has 0 aliphatic rings. The number of fused-ring (bicyclic) bond motifs is 1. The first kappa shape index (κ1) is 22.0. The average Bonchev–Trinajstić information content (AvgIpc) is 3.07. The highest BCUT2D eigenvalue weighted by Gasteiger charge is 2.23. The zero-order valence-corrected chi connectivity index (χ0v) is 18.8. The molecule has 5 nitrogen and oxygen atoms in total. The van der Waals surface area contributed by atoms with Crippen molar-refractivity contribution in [1.82, 2.24) is 9.55 Å². The first-order chi connectivity index (χ1) is 14.5. The first-order valence-electron chi connectivity index (χ1n) is 10.8. The van der Waals surface area contributed by atoms with E-state index in [1.165, 1.54) is 0 Å². The summed E-state index contributed by atoms with van der Waals surface area (Å²) in [5.41, 5.74) is 5.25. The van der Waals surface area contributed by atoms with E-state index in [0.717, 1.165) is 52.9 Å². The number of carbonyl (C=O) groups excluding carboxylic acids is 1. The number of imidazole rings is 1. The number of para-hydroxylation sites is 3. The van der Waals surface area contributed by atoms with Gasteiger partial charge in [0.25, 0.3) is 0 Å². The van der Waals surface area contributed by atoms with Gasteiger partial charge in [0, 0.05) is 13.5 Å². The maximum absolute atomic E-state index is 13.6. The number of hydrogen-bond donors (Lipinski definition) is 0. The molecule has 3 rings (SSSR count). The van der Waals surface area contributed by atoms with E-state index in [1.807, 2.05) is 24.3 Å². The third kappa shape index (κ3) is 4.57. The van der Waals surface area contributed by atoms with Crippen LogP contribution in [0.5, 0.6) is 0 Å². The molecule has 0 saturated heterocycles. The summed E-state index contributed by atoms with van der Waals surface area (Å²) in [4.78, 5) is 20.2. The van der Waals surface area contributed by atoms with Crippen molar-refractivity contribution in [3.8, 4) is 0 Å². The molecule has 0 bridgehead atoms. The Morgan fingerprint density at radius 2 is 1.73 bits per heavy atom. The van der Waals surface area contributed by atoms with Crippen LogP contribution < -0.4 is 4.90 Å². The third-order valence-corrected chi connectivity index (χ3v) is 5.41. The zero-order chi connectivity index (χ0) is 21.7. The number of aromatic nitrogens is 2. The van der Waals surface area contributed by atoms with Crippen LogP contribution in [0.3, 0.4) is 0 Å². The van der Waals surface area contributed by atoms with Gasteiger partial charge in [-0.3, -0.25) is 9.69 Å². The van der Waals surface area contributed by atoms with Crippen LogP contribution in [0.25, 0.3) is 11.0 Å². The van der Waals surface area contributed by atoms with Crippen molar-refractivity contribution in [2.24, 2.45) is 5.92 Å². The summed E-state index contributed by atoms with van der Waals surface area (Å²) in [6.45, 7) is 9.07. The molecular formula is C25H33N3O2. The van der Waals surface area contributed by atoms with Crippen LogP contribution in [0, 0.1) is 5.92 Å². The molecule has 160 valence electrons. The van der Waals surface area contributed by atoms with Crippen molar-refractivity contribution >= 4 is 22.6 Å². The number of carbonyl (C=O) groups is 1. The van der Waals surface area contributed by atoms with Gasteiger partial charge in [0.15, 0.2) is 0 Å². The maximum Gasteiger partial charge on any atom is 0.248 e. The van der Waals surface area contributed by atoms with Crippen molar-refractivity contribution in [3.05, 3.63) is 59.4 Å². The summed E-state index contributed by atoms with van der Waals surface area (Å²) in [6.07, 6.45) is 2.56. The van der Waals surface area contributed by atoms with E-state index in [2.05, 4.69) is 50.5 Å². The van der Waals surface area contributed by atoms with E-state index in [-0.39, 0.29) is 19.2 Å². The summed E-state index contributed by atoms with van der Waals surface area (Å²) in [6, 6.07) is 14.3. The van der Waals surface area contributed by atoms with Crippen molar-refractivity contribution in [2.75, 3.05) is 18.7 Å². The molecule has 0 unspecified atom stereocenters. The number of hydrogen-bond acceptors (Lipinski definition) is 3. The summed E-state index contributed by atoms with van der Waals surface area (Å²) < 4.78 is 7.53. The lowest BCUT2D eigenvalue weighted by atomic mass is 10.0. The fourth-order valence-electron chi connectivity index (χ4n) is 4.00. The molecule has 1 amide bonds. The van der Waals surface area contributed by atoms with Gasteiger partial charge in [-0.15, -0.1) is 0 Å². The molecule has 0 saturated carbocycles. The number of aryl methyl sites for hydroxylation is 2. The second-order valence-electron chi connectivity index (χ2n) is 8.07. The van der Waals surface area contributed by atoms with E-state index < -0.39 is 0 Å². The number of anilines is 1. The molecule has 1 aromatic heterocycles. The summed E-state index contributed by atoms with van der Waals surface area (Å²) in [5.74, 6) is 1.43. The molecular weight excluding hydrogens is 374 g/mol. The van der Waals surface area contributed by atoms with E-state index in [9.17, 15) is 4.79 Å². The van der Waals surface area contributed by atoms with Gasteiger partial charge in [-0.25, -0.2) is 4.98 Å². The average molecular weight is 408 g/mol. The lowest BCUT2D eigenvalue weighted by Gasteiger charge is -2.27. The molecule has 0 aliphatic carbocycles. The summed E-state index contributed by atoms with van der Waals surface area (Å²) in [5, 5.41) is 0. The fraction of sp³-hybridized carbons (Fsp3) is 0.440. The normalized spacial score (nSPS) is 11.4. The van der Waals surface area contributed by atoms with Crippen molar-refractivity contribution in [2.45, 2.75) is 53.5 Å². The molecule has 30 heavy (non-hydrogen) atoms. The molecule has 0 aliphatic heterocycles. The van der Waals surface area contributed by atoms with Crippen molar-refractivity contribution in [1.29, 1.82) is 0 Å². The first-order valence-corrected chi connectivity index (χ1v) is 10.8. The number of methoxy groups -OCH3 is 1. The Bertz CT molecular complexity index is 985. The quantitative estimate of drug-likeness (QED) is 0.469. The van der Waals surface area contributed by atoms with Crippen LogP contribution in [0.2, 0.25) is 0 Å². The molecule has 3 aromatic rings. The SMILES string of the molecule is CCc1cccc(CC)c1N(COC)C(=O)Cn1c(CC(C)C)nc2ccccc21. The molecule has 0 N–H and O–H groups in total. The highest BCUT2D eigenvalue weighted by atomic mass is 16.5. The monoisotopic (exact) mass is 407 g/mol. The molecule has 0 spiro atoms. The Kier molecular flexibility index (Phi) is 7.27. The highest BCUT2D eigenvalue weighted by Crippen LogP contribution is 2.28. The lowest BCUT2D eigenvalue weighted by molar-refractivity contribution is -0.120. The van der Waals surface area contributed by atoms with Crippen molar-refractivity contribution < 1.29 is 9.53 Å². The molecule has 0 fully saturated rings. The van der Waals surface area contributed by atoms with Gasteiger partial charge in [0.2, 0.25) is 5.91 Å². The summed E-state index contributed by atoms with van der Waals surface area (Å²) in [7, 11) is 1.64. The Morgan fingerprint density at radius 3 is 2.33 bits per heavy atom. The van der Waals surface area contributed by atoms with Crippen LogP contribution in [0.4, 0.5) is 5.69 Å². The van der Waals surface area contributed by atoms with Crippen LogP contribution in [0.1, 0.15) is 44.6 Å². The molecule has 1 heterocycles. The third-order valence-electron chi connectivity index (χ3n) is 5.41. The molecule has 5 heteroatoms. The Morgan fingerprint density at radius 1 is 1.07 bits per heavy atom. The predicted molar refractivity (Wildman–Crippen MR) is 123 cm³/mol. The summed E-state index contributed by atoms with van der Waals surface area (Å²) >= 11 is 0. The van der Waals surface area contributed by atoms with Crippen LogP contribution >= 0.6 is 0 Å². The largest absolute Gasteiger partial charge is 0.364 e. The minimum Gasteiger partial charge on any atom is -0.364 e. The standard InChI is InChI=1S/C25H33N3O2/c1-6-19-11-10-12-20(7-2)25(19)28(17-30-5)24(29)16-27-22-14-9-8-13-21(22)26-23(27)15-18(3)4/h8-14,18H,6-7,15-17H2,1-5H3. The molecule has 2 aromatic carbocycles. The minimum atomic E-state index is 0.0145. The Labute approximate surface area is 179 Å². The van der Waals surface area contributed by atoms with Gasteiger partial charge in [-0.1, -0.05) is 58.0 Å². The number of amides is 1. The molecule has 0 atom stereocenters. The van der Waals surface area contributed by atoms with Gasteiger partial charge in [0.1, 0.15) is 19.1 Å². The lowest BCUT2D eigenvalue weighted by Crippen LogP contribution is -2.37. The topological polar surface area (TPSA) is 47.4 Å². The van der Waals surface area contributed by atoms with E-state index in [0.29, 0.717) is 5.92 Å². The number of rotatable bonds is 9.